The van der Waals surface area contributed by atoms with Crippen LogP contribution >= 0.6 is 0 Å². The number of halogens is 1. The summed E-state index contributed by atoms with van der Waals surface area (Å²) < 4.78 is 39.0. The molecule has 0 radical (unpaired) electrons. The predicted molar refractivity (Wildman–Crippen MR) is 159 cm³/mol. The first-order valence-electron chi connectivity index (χ1n) is 13.7. The summed E-state index contributed by atoms with van der Waals surface area (Å²) >= 11 is 0. The molecule has 9 nitrogen and oxygen atoms in total. The van der Waals surface area contributed by atoms with Crippen molar-refractivity contribution in [1.82, 2.24) is 16.0 Å². The number of hydrogen-bond donors (Lipinski definition) is 3. The summed E-state index contributed by atoms with van der Waals surface area (Å²) in [4.78, 5) is 40.0. The summed E-state index contributed by atoms with van der Waals surface area (Å²) in [5.74, 6) is -1.78. The van der Waals surface area contributed by atoms with Crippen molar-refractivity contribution in [2.45, 2.75) is 44.3 Å². The maximum absolute atomic E-state index is 13.6. The first-order valence-corrected chi connectivity index (χ1v) is 15.5. The Kier molecular flexibility index (Phi) is 9.74. The summed E-state index contributed by atoms with van der Waals surface area (Å²) in [7, 11) is -2.41. The lowest BCUT2D eigenvalue weighted by atomic mass is 10.0. The molecule has 222 valence electrons. The van der Waals surface area contributed by atoms with Crippen molar-refractivity contribution < 1.29 is 27.2 Å². The molecule has 0 aliphatic heterocycles. The summed E-state index contributed by atoms with van der Waals surface area (Å²) in [6.45, 7) is 1.83. The molecule has 2 atom stereocenters. The summed E-state index contributed by atoms with van der Waals surface area (Å²) in [6, 6.07) is 18.0. The summed E-state index contributed by atoms with van der Waals surface area (Å²) in [5.41, 5.74) is 1.69. The van der Waals surface area contributed by atoms with E-state index in [4.69, 9.17) is 0 Å². The van der Waals surface area contributed by atoms with Gasteiger partial charge < -0.3 is 16.0 Å². The average Bonchev–Trinajstić information content (AvgIpc) is 3.80. The van der Waals surface area contributed by atoms with Crippen LogP contribution in [0.1, 0.15) is 57.7 Å². The molecule has 2 amide bonds. The highest BCUT2D eigenvalue weighted by atomic mass is 32.2. The van der Waals surface area contributed by atoms with E-state index in [2.05, 4.69) is 16.0 Å². The molecule has 0 bridgehead atoms. The number of Topliss-reactive ketones (excluding diaryl/α,β-unsaturated/α-hetero) is 1. The van der Waals surface area contributed by atoms with E-state index in [1.54, 1.807) is 19.1 Å². The van der Waals surface area contributed by atoms with E-state index < -0.39 is 39.7 Å². The Morgan fingerprint density at radius 1 is 0.929 bits per heavy atom. The van der Waals surface area contributed by atoms with Crippen molar-refractivity contribution in [1.29, 1.82) is 0 Å². The topological polar surface area (TPSA) is 125 Å². The lowest BCUT2D eigenvalue weighted by Crippen LogP contribution is -2.46. The van der Waals surface area contributed by atoms with Gasteiger partial charge in [-0.15, -0.1) is 0 Å². The molecule has 0 aromatic heterocycles. The fourth-order valence-electron chi connectivity index (χ4n) is 4.35. The number of benzene rings is 3. The molecule has 0 spiro atoms. The van der Waals surface area contributed by atoms with Gasteiger partial charge in [-0.25, -0.2) is 12.8 Å². The van der Waals surface area contributed by atoms with Gasteiger partial charge in [0.05, 0.1) is 30.6 Å². The molecule has 1 aliphatic carbocycles. The number of carbonyl (C=O) groups excluding carboxylic acids is 3. The number of sulfonamides is 1. The van der Waals surface area contributed by atoms with E-state index in [0.717, 1.165) is 29.0 Å². The van der Waals surface area contributed by atoms with Gasteiger partial charge in [-0.1, -0.05) is 42.5 Å². The first kappa shape index (κ1) is 30.9. The smallest absolute Gasteiger partial charge is 0.251 e. The van der Waals surface area contributed by atoms with E-state index in [1.807, 2.05) is 30.3 Å². The third kappa shape index (κ3) is 8.46. The van der Waals surface area contributed by atoms with Crippen LogP contribution in [0.25, 0.3) is 0 Å². The number of nitrogens with zero attached hydrogens (tertiary/aromatic N) is 1. The maximum Gasteiger partial charge on any atom is 0.251 e. The zero-order valence-corrected chi connectivity index (χ0v) is 24.6. The molecule has 11 heteroatoms. The number of carbonyl (C=O) groups is 3. The molecule has 42 heavy (non-hydrogen) atoms. The minimum absolute atomic E-state index is 0.0172. The Hall–Kier alpha value is -4.09. The van der Waals surface area contributed by atoms with Gasteiger partial charge in [0.15, 0.2) is 5.78 Å². The van der Waals surface area contributed by atoms with Crippen LogP contribution in [0.4, 0.5) is 10.1 Å². The van der Waals surface area contributed by atoms with Crippen molar-refractivity contribution in [2.75, 3.05) is 24.2 Å². The van der Waals surface area contributed by atoms with Gasteiger partial charge in [0.2, 0.25) is 10.0 Å². The Labute approximate surface area is 245 Å². The molecule has 2 unspecified atom stereocenters. The van der Waals surface area contributed by atoms with Crippen molar-refractivity contribution in [3.05, 3.63) is 101 Å². The second kappa shape index (κ2) is 13.3. The van der Waals surface area contributed by atoms with E-state index in [0.29, 0.717) is 11.6 Å². The third-order valence-electron chi connectivity index (χ3n) is 7.14. The molecular weight excluding hydrogens is 559 g/mol. The fraction of sp³-hybridized carbons (Fsp3) is 0.323. The first-order chi connectivity index (χ1) is 19.9. The highest BCUT2D eigenvalue weighted by Gasteiger charge is 2.27. The highest BCUT2D eigenvalue weighted by molar-refractivity contribution is 7.92. The third-order valence-corrected chi connectivity index (χ3v) is 8.35. The number of ketones is 1. The monoisotopic (exact) mass is 594 g/mol. The van der Waals surface area contributed by atoms with Gasteiger partial charge in [0.1, 0.15) is 5.82 Å². The largest absolute Gasteiger partial charge is 0.346 e. The minimum atomic E-state index is -3.73. The average molecular weight is 595 g/mol. The molecule has 1 saturated carbocycles. The van der Waals surface area contributed by atoms with Gasteiger partial charge in [-0.2, -0.15) is 0 Å². The Bertz CT molecular complexity index is 1540. The van der Waals surface area contributed by atoms with Crippen molar-refractivity contribution in [2.24, 2.45) is 0 Å². The molecule has 1 aliphatic rings. The lowest BCUT2D eigenvalue weighted by molar-refractivity contribution is -0.120. The second-order valence-corrected chi connectivity index (χ2v) is 12.6. The maximum atomic E-state index is 13.6. The van der Waals surface area contributed by atoms with Gasteiger partial charge in [0, 0.05) is 24.2 Å². The molecule has 0 saturated heterocycles. The van der Waals surface area contributed by atoms with Crippen LogP contribution in [-0.2, 0) is 21.2 Å². The van der Waals surface area contributed by atoms with E-state index in [-0.39, 0.29) is 35.6 Å². The zero-order chi connectivity index (χ0) is 30.4. The number of anilines is 1. The highest BCUT2D eigenvalue weighted by Crippen LogP contribution is 2.23. The van der Waals surface area contributed by atoms with Crippen LogP contribution in [0.15, 0.2) is 72.8 Å². The number of nitrogens with one attached hydrogen (secondary N) is 3. The van der Waals surface area contributed by atoms with Crippen LogP contribution in [0.3, 0.4) is 0 Å². The SMILES string of the molecule is CC(NC(=O)c1cc(C(=O)NC(Cc2ccccc2)C(=O)CNC2CC2)cc(N(C)S(C)(=O)=O)c1)c1ccc(F)cc1. The zero-order valence-electron chi connectivity index (χ0n) is 23.8. The number of rotatable bonds is 13. The molecule has 4 rings (SSSR count). The molecule has 3 aromatic rings. The predicted octanol–water partition coefficient (Wildman–Crippen LogP) is 3.37. The van der Waals surface area contributed by atoms with E-state index >= 15 is 0 Å². The number of amides is 2. The van der Waals surface area contributed by atoms with Gasteiger partial charge in [0.25, 0.3) is 11.8 Å². The Morgan fingerprint density at radius 2 is 1.52 bits per heavy atom. The van der Waals surface area contributed by atoms with Gasteiger partial charge in [-0.3, -0.25) is 18.7 Å². The number of hydrogen-bond acceptors (Lipinski definition) is 6. The molecule has 0 heterocycles. The standard InChI is InChI=1S/C31H35FN4O5S/c1-20(22-9-11-25(32)12-10-22)34-30(38)23-16-24(18-27(17-23)36(2)42(3,40)41)31(39)35-28(15-21-7-5-4-6-8-21)29(37)19-33-26-13-14-26/h4-12,16-18,20,26,28,33H,13-15,19H2,1-3H3,(H,34,38)(H,35,39). The van der Waals surface area contributed by atoms with Crippen molar-refractivity contribution >= 4 is 33.3 Å². The summed E-state index contributed by atoms with van der Waals surface area (Å²) in [5, 5.41) is 8.80. The summed E-state index contributed by atoms with van der Waals surface area (Å²) in [6.07, 6.45) is 3.29. The van der Waals surface area contributed by atoms with Crippen molar-refractivity contribution in [3.63, 3.8) is 0 Å². The van der Waals surface area contributed by atoms with Gasteiger partial charge in [-0.05, 0) is 67.6 Å². The molecule has 3 aromatic carbocycles. The molecule has 1 fully saturated rings. The van der Waals surface area contributed by atoms with Crippen LogP contribution in [-0.4, -0.2) is 57.9 Å². The molecule has 3 N–H and O–H groups in total. The second-order valence-electron chi connectivity index (χ2n) is 10.6. The van der Waals surface area contributed by atoms with Crippen LogP contribution in [0, 0.1) is 5.82 Å². The van der Waals surface area contributed by atoms with E-state index in [9.17, 15) is 27.2 Å². The quantitative estimate of drug-likeness (QED) is 0.279. The molecular formula is C31H35FN4O5S. The fourth-order valence-corrected chi connectivity index (χ4v) is 4.84. The van der Waals surface area contributed by atoms with E-state index in [1.165, 1.54) is 37.4 Å². The van der Waals surface area contributed by atoms with Gasteiger partial charge >= 0.3 is 0 Å². The van der Waals surface area contributed by atoms with Crippen molar-refractivity contribution in [3.8, 4) is 0 Å². The Morgan fingerprint density at radius 3 is 2.10 bits per heavy atom. The minimum Gasteiger partial charge on any atom is -0.346 e. The van der Waals surface area contributed by atoms with Crippen LogP contribution in [0.5, 0.6) is 0 Å². The lowest BCUT2D eigenvalue weighted by Gasteiger charge is -2.21. The Balaban J connectivity index is 1.61. The normalized spacial score (nSPS) is 14.5. The van der Waals surface area contributed by atoms with Crippen LogP contribution in [0.2, 0.25) is 0 Å². The van der Waals surface area contributed by atoms with Crippen LogP contribution < -0.4 is 20.3 Å².